The predicted molar refractivity (Wildman–Crippen MR) is 106 cm³/mol. The van der Waals surface area contributed by atoms with Crippen LogP contribution in [0.25, 0.3) is 0 Å². The highest BCUT2D eigenvalue weighted by Gasteiger charge is 2.27. The average Bonchev–Trinajstić information content (AvgIpc) is 3.32. The van der Waals surface area contributed by atoms with Crippen LogP contribution in [0, 0.1) is 0 Å². The number of ether oxygens (including phenoxy) is 1. The second kappa shape index (κ2) is 7.83. The van der Waals surface area contributed by atoms with Gasteiger partial charge in [-0.2, -0.15) is 0 Å². The van der Waals surface area contributed by atoms with Gasteiger partial charge >= 0.3 is 0 Å². The van der Waals surface area contributed by atoms with Gasteiger partial charge in [-0.05, 0) is 80.2 Å². The molecule has 3 nitrogen and oxygen atoms in total. The molecular weight excluding hydrogens is 342 g/mol. The molecule has 26 heavy (non-hydrogen) atoms. The number of benzene rings is 1. The van der Waals surface area contributed by atoms with Crippen LogP contribution in [0.2, 0.25) is 0 Å². The van der Waals surface area contributed by atoms with Crippen LogP contribution < -0.4 is 4.74 Å². The van der Waals surface area contributed by atoms with Crippen molar-refractivity contribution >= 4 is 17.2 Å². The van der Waals surface area contributed by atoms with Gasteiger partial charge in [-0.1, -0.05) is 12.1 Å². The van der Waals surface area contributed by atoms with Gasteiger partial charge in [0.15, 0.2) is 0 Å². The van der Waals surface area contributed by atoms with Crippen molar-refractivity contribution in [1.29, 1.82) is 0 Å². The molecule has 4 heteroatoms. The Labute approximate surface area is 160 Å². The van der Waals surface area contributed by atoms with E-state index in [0.29, 0.717) is 12.5 Å². The molecule has 0 N–H and O–H groups in total. The molecule has 2 aliphatic rings. The summed E-state index contributed by atoms with van der Waals surface area (Å²) in [6.07, 6.45) is 7.60. The number of rotatable bonds is 5. The van der Waals surface area contributed by atoms with Crippen molar-refractivity contribution in [3.8, 4) is 5.75 Å². The van der Waals surface area contributed by atoms with Crippen LogP contribution in [0.5, 0.6) is 5.75 Å². The van der Waals surface area contributed by atoms with Gasteiger partial charge in [0.25, 0.3) is 0 Å². The fourth-order valence-electron chi connectivity index (χ4n) is 4.22. The van der Waals surface area contributed by atoms with Crippen molar-refractivity contribution in [1.82, 2.24) is 4.90 Å². The maximum absolute atomic E-state index is 12.8. The monoisotopic (exact) mass is 369 g/mol. The molecule has 1 saturated carbocycles. The van der Waals surface area contributed by atoms with E-state index >= 15 is 0 Å². The second-order valence-electron chi connectivity index (χ2n) is 7.48. The summed E-state index contributed by atoms with van der Waals surface area (Å²) < 4.78 is 6.09. The number of nitrogens with zero attached hydrogens (tertiary/aromatic N) is 1. The molecule has 0 saturated heterocycles. The highest BCUT2D eigenvalue weighted by atomic mass is 32.1. The highest BCUT2D eigenvalue weighted by molar-refractivity contribution is 7.10. The van der Waals surface area contributed by atoms with Crippen molar-refractivity contribution in [3.05, 3.63) is 51.7 Å². The molecule has 0 radical (unpaired) electrons. The Morgan fingerprint density at radius 2 is 2.12 bits per heavy atom. The number of aryl methyl sites for hydroxylation is 1. The van der Waals surface area contributed by atoms with Gasteiger partial charge in [-0.25, -0.2) is 0 Å². The average molecular weight is 370 g/mol. The van der Waals surface area contributed by atoms with E-state index in [0.717, 1.165) is 25.1 Å². The summed E-state index contributed by atoms with van der Waals surface area (Å²) in [5.41, 5.74) is 2.52. The van der Waals surface area contributed by atoms with E-state index in [9.17, 15) is 4.79 Å². The third-order valence-electron chi connectivity index (χ3n) is 5.73. The van der Waals surface area contributed by atoms with Crippen LogP contribution in [0.15, 0.2) is 35.7 Å². The van der Waals surface area contributed by atoms with Gasteiger partial charge in [0, 0.05) is 17.8 Å². The highest BCUT2D eigenvalue weighted by Crippen LogP contribution is 2.33. The van der Waals surface area contributed by atoms with E-state index in [1.807, 2.05) is 28.4 Å². The van der Waals surface area contributed by atoms with Gasteiger partial charge in [-0.3, -0.25) is 4.79 Å². The molecule has 1 amide bonds. The minimum Gasteiger partial charge on any atom is -0.490 e. The summed E-state index contributed by atoms with van der Waals surface area (Å²) in [7, 11) is 0. The molecule has 1 aliphatic carbocycles. The van der Waals surface area contributed by atoms with Crippen molar-refractivity contribution in [2.75, 3.05) is 6.54 Å². The van der Waals surface area contributed by atoms with Gasteiger partial charge in [0.1, 0.15) is 5.75 Å². The van der Waals surface area contributed by atoms with E-state index in [1.54, 1.807) is 0 Å². The minimum absolute atomic E-state index is 0.203. The number of hydrogen-bond donors (Lipinski definition) is 0. The third kappa shape index (κ3) is 3.80. The standard InChI is InChI=1S/C22H27NO2S/c1-16-20-12-14-26-21(20)11-13-23(16)22(24)10-9-17-5-4-8-19(15-17)25-18-6-2-3-7-18/h4-5,8,12,14-16,18H,2-3,6-7,9-11,13H2,1H3. The summed E-state index contributed by atoms with van der Waals surface area (Å²) in [6.45, 7) is 3.00. The molecule has 1 aromatic carbocycles. The molecule has 0 bridgehead atoms. The summed E-state index contributed by atoms with van der Waals surface area (Å²) in [5.74, 6) is 1.22. The molecule has 1 atom stereocenters. The fraction of sp³-hybridized carbons (Fsp3) is 0.500. The summed E-state index contributed by atoms with van der Waals surface area (Å²) in [4.78, 5) is 16.3. The van der Waals surface area contributed by atoms with Gasteiger partial charge < -0.3 is 9.64 Å². The molecule has 138 valence electrons. The normalized spacial score (nSPS) is 20.2. The molecule has 1 unspecified atom stereocenters. The zero-order valence-electron chi connectivity index (χ0n) is 15.4. The van der Waals surface area contributed by atoms with E-state index in [2.05, 4.69) is 30.5 Å². The topological polar surface area (TPSA) is 29.5 Å². The van der Waals surface area contributed by atoms with E-state index < -0.39 is 0 Å². The molecular formula is C22H27NO2S. The molecule has 1 aromatic heterocycles. The lowest BCUT2D eigenvalue weighted by Gasteiger charge is -2.33. The smallest absolute Gasteiger partial charge is 0.223 e. The molecule has 1 aliphatic heterocycles. The lowest BCUT2D eigenvalue weighted by molar-refractivity contribution is -0.133. The van der Waals surface area contributed by atoms with Crippen LogP contribution in [0.1, 0.15) is 61.1 Å². The number of thiophene rings is 1. The Balaban J connectivity index is 1.34. The van der Waals surface area contributed by atoms with E-state index in [4.69, 9.17) is 4.74 Å². The molecule has 2 heterocycles. The van der Waals surface area contributed by atoms with Crippen LogP contribution in [-0.4, -0.2) is 23.5 Å². The van der Waals surface area contributed by atoms with Crippen molar-refractivity contribution in [2.45, 2.75) is 64.0 Å². The summed E-state index contributed by atoms with van der Waals surface area (Å²) >= 11 is 1.82. The third-order valence-corrected chi connectivity index (χ3v) is 6.73. The Morgan fingerprint density at radius 3 is 2.96 bits per heavy atom. The number of hydrogen-bond acceptors (Lipinski definition) is 3. The first-order chi connectivity index (χ1) is 12.7. The minimum atomic E-state index is 0.203. The van der Waals surface area contributed by atoms with Gasteiger partial charge in [0.2, 0.25) is 5.91 Å². The van der Waals surface area contributed by atoms with E-state index in [-0.39, 0.29) is 11.9 Å². The van der Waals surface area contributed by atoms with Crippen LogP contribution in [0.3, 0.4) is 0 Å². The van der Waals surface area contributed by atoms with Gasteiger partial charge in [0.05, 0.1) is 12.1 Å². The Kier molecular flexibility index (Phi) is 5.30. The van der Waals surface area contributed by atoms with Crippen LogP contribution in [0.4, 0.5) is 0 Å². The maximum atomic E-state index is 12.8. The van der Waals surface area contributed by atoms with Crippen molar-refractivity contribution in [3.63, 3.8) is 0 Å². The van der Waals surface area contributed by atoms with Gasteiger partial charge in [-0.15, -0.1) is 11.3 Å². The predicted octanol–water partition coefficient (Wildman–Crippen LogP) is 5.15. The largest absolute Gasteiger partial charge is 0.490 e. The molecule has 0 spiro atoms. The van der Waals surface area contributed by atoms with Crippen LogP contribution in [-0.2, 0) is 17.6 Å². The zero-order chi connectivity index (χ0) is 17.9. The second-order valence-corrected chi connectivity index (χ2v) is 8.48. The maximum Gasteiger partial charge on any atom is 0.223 e. The molecule has 1 fully saturated rings. The number of carbonyl (C=O) groups excluding carboxylic acids is 1. The number of fused-ring (bicyclic) bond motifs is 1. The Hall–Kier alpha value is -1.81. The first-order valence-corrected chi connectivity index (χ1v) is 10.7. The Bertz CT molecular complexity index is 763. The van der Waals surface area contributed by atoms with Crippen LogP contribution >= 0.6 is 11.3 Å². The summed E-state index contributed by atoms with van der Waals surface area (Å²) in [6, 6.07) is 10.7. The van der Waals surface area contributed by atoms with Crippen molar-refractivity contribution in [2.24, 2.45) is 0 Å². The Morgan fingerprint density at radius 1 is 1.27 bits per heavy atom. The van der Waals surface area contributed by atoms with E-state index in [1.165, 1.54) is 41.7 Å². The molecule has 2 aromatic rings. The lowest BCUT2D eigenvalue weighted by Crippen LogP contribution is -2.38. The summed E-state index contributed by atoms with van der Waals surface area (Å²) in [5, 5.41) is 2.14. The lowest BCUT2D eigenvalue weighted by atomic mass is 10.0. The fourth-order valence-corrected chi connectivity index (χ4v) is 5.18. The molecule has 4 rings (SSSR count). The van der Waals surface area contributed by atoms with Crippen molar-refractivity contribution < 1.29 is 9.53 Å². The number of amides is 1. The SMILES string of the molecule is CC1c2ccsc2CCN1C(=O)CCc1cccc(OC2CCCC2)c1. The number of carbonyl (C=O) groups is 1. The zero-order valence-corrected chi connectivity index (χ0v) is 16.3. The first-order valence-electron chi connectivity index (χ1n) is 9.82. The first kappa shape index (κ1) is 17.6. The quantitative estimate of drug-likeness (QED) is 0.729.